The number of aliphatic imine (C=N–C) groups is 2. The number of amides is 3. The highest BCUT2D eigenvalue weighted by Gasteiger charge is 2.58. The number of carbonyl (C=O) groups is 3. The largest absolute Gasteiger partial charge is 0.478 e. The van der Waals surface area contributed by atoms with Gasteiger partial charge in [0.05, 0.1) is 5.56 Å². The van der Waals surface area contributed by atoms with Crippen molar-refractivity contribution in [3.63, 3.8) is 0 Å². The number of carbonyl (C=O) groups excluding carboxylic acids is 2. The molecule has 0 bridgehead atoms. The zero-order valence-electron chi connectivity index (χ0n) is 18.3. The molecule has 1 saturated heterocycles. The molecule has 3 amide bonds. The van der Waals surface area contributed by atoms with Gasteiger partial charge < -0.3 is 5.11 Å². The Morgan fingerprint density at radius 1 is 1.12 bits per heavy atom. The Hall–Kier alpha value is -3.88. The number of halogens is 1. The molecule has 0 aliphatic carbocycles. The molecule has 33 heavy (non-hydrogen) atoms. The summed E-state index contributed by atoms with van der Waals surface area (Å²) in [4.78, 5) is 50.6. The number of rotatable bonds is 7. The number of aromatic carboxylic acids is 1. The van der Waals surface area contributed by atoms with E-state index in [1.807, 2.05) is 6.92 Å². The molecular formula is C24H23FN4O4. The summed E-state index contributed by atoms with van der Waals surface area (Å²) in [5, 5.41) is 9.84. The third kappa shape index (κ3) is 3.59. The molecular weight excluding hydrogens is 427 g/mol. The van der Waals surface area contributed by atoms with Crippen molar-refractivity contribution in [3.8, 4) is 0 Å². The molecule has 1 N–H and O–H groups in total. The molecule has 2 aliphatic rings. The molecule has 2 aromatic rings. The smallest absolute Gasteiger partial charge is 0.336 e. The highest BCUT2D eigenvalue weighted by Crippen LogP contribution is 2.42. The van der Waals surface area contributed by atoms with Gasteiger partial charge in [0.15, 0.2) is 5.71 Å². The maximum Gasteiger partial charge on any atom is 0.336 e. The van der Waals surface area contributed by atoms with E-state index in [4.69, 9.17) is 4.99 Å². The monoisotopic (exact) mass is 450 g/mol. The molecule has 9 heteroatoms. The number of imide groups is 1. The van der Waals surface area contributed by atoms with Crippen molar-refractivity contribution < 1.29 is 23.9 Å². The maximum absolute atomic E-state index is 13.7. The van der Waals surface area contributed by atoms with Crippen LogP contribution in [0.3, 0.4) is 0 Å². The van der Waals surface area contributed by atoms with Crippen molar-refractivity contribution >= 4 is 29.5 Å². The number of carboxylic acid groups (broad SMARTS) is 1. The van der Waals surface area contributed by atoms with Gasteiger partial charge in [0, 0.05) is 25.1 Å². The zero-order valence-corrected chi connectivity index (χ0v) is 18.3. The van der Waals surface area contributed by atoms with Crippen LogP contribution in [0.25, 0.3) is 0 Å². The number of hydrogen-bond acceptors (Lipinski definition) is 5. The second-order valence-corrected chi connectivity index (χ2v) is 7.80. The number of carboxylic acids is 1. The Balaban J connectivity index is 1.95. The number of urea groups is 1. The molecule has 8 nitrogen and oxygen atoms in total. The van der Waals surface area contributed by atoms with Crippen LogP contribution in [0.1, 0.15) is 41.8 Å². The summed E-state index contributed by atoms with van der Waals surface area (Å²) >= 11 is 0. The van der Waals surface area contributed by atoms with Crippen LogP contribution >= 0.6 is 0 Å². The standard InChI is InChI=1S/C24H23FN4O4/c1-3-12-28-21(30)20-24(29(4-2)23(28)33,18-11-6-5-10-17(18)22(31)32)27-19(26-20)14-15-8-7-9-16(25)13-15/h5-11,13H,3-4,12,14H2,1-2H3,(H,31,32). The number of fused-ring (bicyclic) bond motifs is 1. The average molecular weight is 450 g/mol. The van der Waals surface area contributed by atoms with Crippen LogP contribution < -0.4 is 0 Å². The van der Waals surface area contributed by atoms with E-state index in [1.165, 1.54) is 23.1 Å². The molecule has 0 spiro atoms. The van der Waals surface area contributed by atoms with Gasteiger partial charge in [-0.25, -0.2) is 24.0 Å². The van der Waals surface area contributed by atoms with Crippen LogP contribution in [0.4, 0.5) is 9.18 Å². The predicted octanol–water partition coefficient (Wildman–Crippen LogP) is 3.47. The molecule has 2 heterocycles. The van der Waals surface area contributed by atoms with Crippen LogP contribution in [0.15, 0.2) is 58.5 Å². The topological polar surface area (TPSA) is 103 Å². The quantitative estimate of drug-likeness (QED) is 0.698. The molecule has 0 aromatic heterocycles. The van der Waals surface area contributed by atoms with Gasteiger partial charge in [-0.05, 0) is 37.1 Å². The lowest BCUT2D eigenvalue weighted by atomic mass is 9.86. The lowest BCUT2D eigenvalue weighted by Gasteiger charge is -2.45. The van der Waals surface area contributed by atoms with E-state index in [0.717, 1.165) is 4.90 Å². The van der Waals surface area contributed by atoms with Gasteiger partial charge in [0.25, 0.3) is 5.91 Å². The average Bonchev–Trinajstić information content (AvgIpc) is 3.17. The van der Waals surface area contributed by atoms with Gasteiger partial charge in [-0.15, -0.1) is 0 Å². The Bertz CT molecular complexity index is 1210. The van der Waals surface area contributed by atoms with Crippen molar-refractivity contribution in [3.05, 3.63) is 71.0 Å². The molecule has 2 aromatic carbocycles. The molecule has 0 saturated carbocycles. The van der Waals surface area contributed by atoms with Gasteiger partial charge in [-0.2, -0.15) is 0 Å². The van der Waals surface area contributed by atoms with Crippen molar-refractivity contribution in [2.24, 2.45) is 9.98 Å². The zero-order chi connectivity index (χ0) is 23.8. The number of amidine groups is 1. The van der Waals surface area contributed by atoms with Gasteiger partial charge in [-0.3, -0.25) is 14.6 Å². The summed E-state index contributed by atoms with van der Waals surface area (Å²) in [7, 11) is 0. The maximum atomic E-state index is 13.7. The van der Waals surface area contributed by atoms with E-state index in [1.54, 1.807) is 37.3 Å². The number of nitrogens with zero attached hydrogens (tertiary/aromatic N) is 4. The molecule has 2 aliphatic heterocycles. The molecule has 1 unspecified atom stereocenters. The van der Waals surface area contributed by atoms with Crippen LogP contribution in [-0.2, 0) is 16.9 Å². The minimum absolute atomic E-state index is 0.0301. The second kappa shape index (κ2) is 8.57. The first-order chi connectivity index (χ1) is 15.8. The molecule has 0 radical (unpaired) electrons. The first-order valence-corrected chi connectivity index (χ1v) is 10.7. The van der Waals surface area contributed by atoms with Crippen molar-refractivity contribution in [1.82, 2.24) is 9.80 Å². The van der Waals surface area contributed by atoms with E-state index in [0.29, 0.717) is 12.0 Å². The van der Waals surface area contributed by atoms with Crippen LogP contribution in [0, 0.1) is 5.82 Å². The summed E-state index contributed by atoms with van der Waals surface area (Å²) in [6.07, 6.45) is 0.670. The lowest BCUT2D eigenvalue weighted by Crippen LogP contribution is -2.66. The van der Waals surface area contributed by atoms with Crippen molar-refractivity contribution in [1.29, 1.82) is 0 Å². The lowest BCUT2D eigenvalue weighted by molar-refractivity contribution is -0.124. The fraction of sp³-hybridized carbons (Fsp3) is 0.292. The number of hydrogen-bond donors (Lipinski definition) is 1. The van der Waals surface area contributed by atoms with Crippen molar-refractivity contribution in [2.45, 2.75) is 32.4 Å². The fourth-order valence-electron chi connectivity index (χ4n) is 4.36. The van der Waals surface area contributed by atoms with E-state index >= 15 is 0 Å². The Labute approximate surface area is 190 Å². The minimum atomic E-state index is -1.70. The van der Waals surface area contributed by atoms with Gasteiger partial charge >= 0.3 is 12.0 Å². The van der Waals surface area contributed by atoms with Crippen LogP contribution in [-0.4, -0.2) is 57.5 Å². The number of benzene rings is 2. The van der Waals surface area contributed by atoms with Gasteiger partial charge in [0.2, 0.25) is 5.66 Å². The second-order valence-electron chi connectivity index (χ2n) is 7.80. The Morgan fingerprint density at radius 2 is 1.88 bits per heavy atom. The van der Waals surface area contributed by atoms with Crippen LogP contribution in [0.2, 0.25) is 0 Å². The van der Waals surface area contributed by atoms with E-state index in [2.05, 4.69) is 4.99 Å². The molecule has 1 fully saturated rings. The molecule has 170 valence electrons. The third-order valence-corrected chi connectivity index (χ3v) is 5.71. The van der Waals surface area contributed by atoms with E-state index < -0.39 is 29.4 Å². The normalized spacial score (nSPS) is 20.0. The van der Waals surface area contributed by atoms with E-state index in [-0.39, 0.29) is 42.2 Å². The minimum Gasteiger partial charge on any atom is -0.478 e. The SMILES string of the molecule is CCCN1C(=O)C2=NC(Cc3cccc(F)c3)=NC2(c2ccccc2C(=O)O)N(CC)C1=O. The summed E-state index contributed by atoms with van der Waals surface area (Å²) in [5.74, 6) is -2.02. The predicted molar refractivity (Wildman–Crippen MR) is 120 cm³/mol. The summed E-state index contributed by atoms with van der Waals surface area (Å²) in [5.41, 5.74) is -1.04. The highest BCUT2D eigenvalue weighted by molar-refractivity contribution is 6.48. The first kappa shape index (κ1) is 22.3. The van der Waals surface area contributed by atoms with Gasteiger partial charge in [-0.1, -0.05) is 37.3 Å². The summed E-state index contributed by atoms with van der Waals surface area (Å²) in [6, 6.07) is 11.5. The Morgan fingerprint density at radius 3 is 2.55 bits per heavy atom. The van der Waals surface area contributed by atoms with Crippen LogP contribution in [0.5, 0.6) is 0 Å². The molecule has 1 atom stereocenters. The first-order valence-electron chi connectivity index (χ1n) is 10.7. The van der Waals surface area contributed by atoms with Crippen molar-refractivity contribution in [2.75, 3.05) is 13.1 Å². The third-order valence-electron chi connectivity index (χ3n) is 5.71. The van der Waals surface area contributed by atoms with Gasteiger partial charge in [0.1, 0.15) is 11.7 Å². The molecule has 4 rings (SSSR count). The Kier molecular flexibility index (Phi) is 5.80. The highest BCUT2D eigenvalue weighted by atomic mass is 19.1. The van der Waals surface area contributed by atoms with E-state index in [9.17, 15) is 23.9 Å². The fourth-order valence-corrected chi connectivity index (χ4v) is 4.36. The summed E-state index contributed by atoms with van der Waals surface area (Å²) < 4.78 is 13.7. The summed E-state index contributed by atoms with van der Waals surface area (Å²) in [6.45, 7) is 3.94.